The van der Waals surface area contributed by atoms with Crippen molar-refractivity contribution in [1.29, 1.82) is 0 Å². The predicted octanol–water partition coefficient (Wildman–Crippen LogP) is 5.72. The van der Waals surface area contributed by atoms with E-state index in [2.05, 4.69) is 0 Å². The van der Waals surface area contributed by atoms with Crippen LogP contribution in [0.4, 0.5) is 26.3 Å². The fourth-order valence-corrected chi connectivity index (χ4v) is 1.58. The Balaban J connectivity index is 0.000000541. The van der Waals surface area contributed by atoms with Crippen molar-refractivity contribution >= 4 is 0 Å². The number of halogens is 6. The Hall–Kier alpha value is -1.98. The molecule has 0 saturated heterocycles. The third kappa shape index (κ3) is 3.81. The number of aryl methyl sites for hydroxylation is 1. The largest absolute Gasteiger partial charge is 0.251 e. The van der Waals surface area contributed by atoms with Gasteiger partial charge in [-0.2, -0.15) is 0 Å². The quantitative estimate of drug-likeness (QED) is 0.377. The molecule has 0 fully saturated rings. The number of benzene rings is 2. The van der Waals surface area contributed by atoms with Gasteiger partial charge in [0.05, 0.1) is 12.2 Å². The van der Waals surface area contributed by atoms with Gasteiger partial charge in [0, 0.05) is 0 Å². The lowest BCUT2D eigenvalue weighted by molar-refractivity contribution is 0.381. The fraction of sp³-hybridized carbons (Fsp3) is 0.250. The molecular weight excluding hydrogens is 306 g/mol. The Morgan fingerprint density at radius 2 is 1.09 bits per heavy atom. The maximum absolute atomic E-state index is 13.5. The van der Waals surface area contributed by atoms with E-state index >= 15 is 0 Å². The molecule has 0 nitrogen and oxygen atoms in total. The molecule has 0 saturated carbocycles. The lowest BCUT2D eigenvalue weighted by atomic mass is 10.0. The van der Waals surface area contributed by atoms with Crippen LogP contribution in [-0.4, -0.2) is 6.67 Å². The zero-order chi connectivity index (χ0) is 16.9. The maximum Gasteiger partial charge on any atom is 0.200 e. The molecule has 0 aliphatic heterocycles. The average Bonchev–Trinajstić information content (AvgIpc) is 2.53. The second-order valence-electron chi connectivity index (χ2n) is 4.50. The van der Waals surface area contributed by atoms with Crippen LogP contribution in [0.15, 0.2) is 24.3 Å². The van der Waals surface area contributed by atoms with E-state index in [0.717, 1.165) is 5.56 Å². The molecule has 0 aliphatic carbocycles. The average molecular weight is 320 g/mol. The molecule has 0 spiro atoms. The van der Waals surface area contributed by atoms with Crippen LogP contribution in [0.3, 0.4) is 0 Å². The van der Waals surface area contributed by atoms with Crippen molar-refractivity contribution in [3.63, 3.8) is 0 Å². The van der Waals surface area contributed by atoms with Crippen molar-refractivity contribution in [3.05, 3.63) is 58.9 Å². The first-order chi connectivity index (χ1) is 10.3. The molecule has 6 heteroatoms. The molecule has 0 aromatic heterocycles. The summed E-state index contributed by atoms with van der Waals surface area (Å²) in [5.41, 5.74) is -0.164. The van der Waals surface area contributed by atoms with Crippen LogP contribution in [0.5, 0.6) is 0 Å². The van der Waals surface area contributed by atoms with Gasteiger partial charge in [-0.25, -0.2) is 22.0 Å². The van der Waals surface area contributed by atoms with E-state index in [1.54, 1.807) is 13.8 Å². The number of alkyl halides is 1. The van der Waals surface area contributed by atoms with Gasteiger partial charge in [0.1, 0.15) is 0 Å². The molecule has 2 rings (SSSR count). The summed E-state index contributed by atoms with van der Waals surface area (Å²) in [6, 6.07) is 5.64. The van der Waals surface area contributed by atoms with Gasteiger partial charge >= 0.3 is 0 Å². The van der Waals surface area contributed by atoms with Crippen LogP contribution in [0.1, 0.15) is 18.9 Å². The van der Waals surface area contributed by atoms with Crippen molar-refractivity contribution < 1.29 is 26.3 Å². The van der Waals surface area contributed by atoms with E-state index in [4.69, 9.17) is 0 Å². The fourth-order valence-electron chi connectivity index (χ4n) is 1.58. The molecular formula is C16H14F6. The SMILES string of the molecule is CCCF.Cc1ccc(-c2c(F)c(F)c(F)c(F)c2F)cc1. The van der Waals surface area contributed by atoms with Gasteiger partial charge in [-0.1, -0.05) is 36.8 Å². The zero-order valence-electron chi connectivity index (χ0n) is 12.0. The van der Waals surface area contributed by atoms with Crippen molar-refractivity contribution in [2.75, 3.05) is 6.67 Å². The second-order valence-corrected chi connectivity index (χ2v) is 4.50. The van der Waals surface area contributed by atoms with Crippen LogP contribution in [0.2, 0.25) is 0 Å². The highest BCUT2D eigenvalue weighted by atomic mass is 19.2. The third-order valence-corrected chi connectivity index (χ3v) is 2.74. The number of rotatable bonds is 2. The first-order valence-corrected chi connectivity index (χ1v) is 6.49. The molecule has 120 valence electrons. The lowest BCUT2D eigenvalue weighted by Crippen LogP contribution is -2.03. The number of hydrogen-bond donors (Lipinski definition) is 0. The summed E-state index contributed by atoms with van der Waals surface area (Å²) >= 11 is 0. The van der Waals surface area contributed by atoms with Gasteiger partial charge in [0.15, 0.2) is 23.3 Å². The molecule has 2 aromatic rings. The Labute approximate surface area is 124 Å². The van der Waals surface area contributed by atoms with Crippen LogP contribution >= 0.6 is 0 Å². The summed E-state index contributed by atoms with van der Waals surface area (Å²) in [6.45, 7) is 3.36. The van der Waals surface area contributed by atoms with Crippen LogP contribution < -0.4 is 0 Å². The Morgan fingerprint density at radius 1 is 0.727 bits per heavy atom. The maximum atomic E-state index is 13.5. The Bertz CT molecular complexity index is 603. The molecule has 0 heterocycles. The highest BCUT2D eigenvalue weighted by Gasteiger charge is 2.26. The summed E-state index contributed by atoms with van der Waals surface area (Å²) < 4.78 is 76.5. The minimum absolute atomic E-state index is 0.0617. The number of hydrogen-bond acceptors (Lipinski definition) is 0. The minimum Gasteiger partial charge on any atom is -0.251 e. The van der Waals surface area contributed by atoms with Gasteiger partial charge in [-0.3, -0.25) is 4.39 Å². The molecule has 0 aliphatic rings. The molecule has 22 heavy (non-hydrogen) atoms. The standard InChI is InChI=1S/C13H7F5.C3H7F/c1-6-2-4-7(5-3-6)8-9(14)11(16)13(18)12(17)10(8)15;1-2-3-4/h2-5H,1H3;2-3H2,1H3. The molecule has 0 bridgehead atoms. The van der Waals surface area contributed by atoms with E-state index in [-0.39, 0.29) is 12.2 Å². The van der Waals surface area contributed by atoms with E-state index in [1.807, 2.05) is 0 Å². The van der Waals surface area contributed by atoms with E-state index < -0.39 is 34.6 Å². The molecule has 2 aromatic carbocycles. The summed E-state index contributed by atoms with van der Waals surface area (Å²) in [5, 5.41) is 0. The molecule has 0 amide bonds. The van der Waals surface area contributed by atoms with Crippen LogP contribution in [-0.2, 0) is 0 Å². The Morgan fingerprint density at radius 3 is 1.45 bits per heavy atom. The van der Waals surface area contributed by atoms with Gasteiger partial charge in [0.25, 0.3) is 0 Å². The van der Waals surface area contributed by atoms with Gasteiger partial charge in [0.2, 0.25) is 5.82 Å². The smallest absolute Gasteiger partial charge is 0.200 e. The highest BCUT2D eigenvalue weighted by Crippen LogP contribution is 2.31. The van der Waals surface area contributed by atoms with E-state index in [0.29, 0.717) is 6.42 Å². The molecule has 0 atom stereocenters. The third-order valence-electron chi connectivity index (χ3n) is 2.74. The van der Waals surface area contributed by atoms with E-state index in [1.165, 1.54) is 24.3 Å². The minimum atomic E-state index is -2.15. The lowest BCUT2D eigenvalue weighted by Gasteiger charge is -2.08. The summed E-state index contributed by atoms with van der Waals surface area (Å²) in [4.78, 5) is 0. The second kappa shape index (κ2) is 7.87. The van der Waals surface area contributed by atoms with Crippen molar-refractivity contribution in [2.24, 2.45) is 0 Å². The Kier molecular flexibility index (Phi) is 6.46. The topological polar surface area (TPSA) is 0 Å². The van der Waals surface area contributed by atoms with Crippen LogP contribution in [0, 0.1) is 36.0 Å². The summed E-state index contributed by atoms with van der Waals surface area (Å²) in [5.74, 6) is -9.68. The normalized spacial score (nSPS) is 10.2. The van der Waals surface area contributed by atoms with Crippen LogP contribution in [0.25, 0.3) is 11.1 Å². The van der Waals surface area contributed by atoms with Crippen molar-refractivity contribution in [2.45, 2.75) is 20.3 Å². The summed E-state index contributed by atoms with van der Waals surface area (Å²) in [6.07, 6.45) is 0.653. The summed E-state index contributed by atoms with van der Waals surface area (Å²) in [7, 11) is 0. The first-order valence-electron chi connectivity index (χ1n) is 6.49. The highest BCUT2D eigenvalue weighted by molar-refractivity contribution is 5.65. The monoisotopic (exact) mass is 320 g/mol. The van der Waals surface area contributed by atoms with E-state index in [9.17, 15) is 26.3 Å². The zero-order valence-corrected chi connectivity index (χ0v) is 12.0. The van der Waals surface area contributed by atoms with Gasteiger partial charge in [-0.15, -0.1) is 0 Å². The van der Waals surface area contributed by atoms with Crippen molar-refractivity contribution in [1.82, 2.24) is 0 Å². The predicted molar refractivity (Wildman–Crippen MR) is 72.7 cm³/mol. The molecule has 0 unspecified atom stereocenters. The molecule has 0 radical (unpaired) electrons. The van der Waals surface area contributed by atoms with Gasteiger partial charge in [-0.05, 0) is 18.9 Å². The first kappa shape index (κ1) is 18.1. The van der Waals surface area contributed by atoms with Crippen molar-refractivity contribution in [3.8, 4) is 11.1 Å². The van der Waals surface area contributed by atoms with Gasteiger partial charge < -0.3 is 0 Å². The molecule has 0 N–H and O–H groups in total.